The molecule has 6 atom stereocenters. The van der Waals surface area contributed by atoms with Gasteiger partial charge >= 0.3 is 39.5 Å². The first-order valence-corrected chi connectivity index (χ1v) is 42.9. The molecular formula is C77H150O17P2. The number of carbonyl (C=O) groups is 4. The molecule has 3 unspecified atom stereocenters. The number of hydrogen-bond donors (Lipinski definition) is 3. The summed E-state index contributed by atoms with van der Waals surface area (Å²) in [5.41, 5.74) is 0. The van der Waals surface area contributed by atoms with Crippen LogP contribution in [0.5, 0.6) is 0 Å². The van der Waals surface area contributed by atoms with Gasteiger partial charge in [-0.1, -0.05) is 344 Å². The van der Waals surface area contributed by atoms with E-state index in [0.29, 0.717) is 25.7 Å². The van der Waals surface area contributed by atoms with Crippen LogP contribution >= 0.6 is 15.6 Å². The molecule has 0 aromatic heterocycles. The topological polar surface area (TPSA) is 237 Å². The van der Waals surface area contributed by atoms with E-state index in [0.717, 1.165) is 120 Å². The van der Waals surface area contributed by atoms with Crippen LogP contribution in [0.4, 0.5) is 0 Å². The molecule has 0 spiro atoms. The molecule has 0 heterocycles. The van der Waals surface area contributed by atoms with E-state index in [1.165, 1.54) is 193 Å². The summed E-state index contributed by atoms with van der Waals surface area (Å²) in [6.45, 7) is 12.0. The molecule has 0 radical (unpaired) electrons. The van der Waals surface area contributed by atoms with Crippen molar-refractivity contribution in [3.05, 3.63) is 0 Å². The number of esters is 4. The van der Waals surface area contributed by atoms with Gasteiger partial charge in [0.25, 0.3) is 0 Å². The van der Waals surface area contributed by atoms with Crippen molar-refractivity contribution in [2.75, 3.05) is 39.6 Å². The Morgan fingerprint density at radius 2 is 0.531 bits per heavy atom. The Labute approximate surface area is 588 Å². The summed E-state index contributed by atoms with van der Waals surface area (Å²) < 4.78 is 68.5. The standard InChI is InChI=1S/C77H150O17P2/c1-8-10-11-12-34-44-51-58-74(79)87-64-72(93-76(81)61-54-47-40-33-27-21-20-23-29-36-42-49-56-69(5)6)66-91-95(83,84)89-62-71(78)63-90-96(85,86)92-67-73(65-88-75(80)59-52-45-38-31-25-19-15-16-22-28-35-41-48-55-68(3)4)94-77(82)60-53-46-39-32-26-18-14-13-17-24-30-37-43-50-57-70(7)9-2/h68-73,78H,8-67H2,1-7H3,(H,83,84)(H,85,86)/t70?,71-,72+,73+/m0/s1. The maximum Gasteiger partial charge on any atom is 0.472 e. The summed E-state index contributed by atoms with van der Waals surface area (Å²) in [6, 6.07) is 0. The van der Waals surface area contributed by atoms with E-state index in [4.69, 9.17) is 37.0 Å². The Morgan fingerprint density at radius 1 is 0.302 bits per heavy atom. The summed E-state index contributed by atoms with van der Waals surface area (Å²) in [5.74, 6) is 0.294. The highest BCUT2D eigenvalue weighted by atomic mass is 31.2. The van der Waals surface area contributed by atoms with Gasteiger partial charge < -0.3 is 33.8 Å². The maximum atomic E-state index is 13.1. The van der Waals surface area contributed by atoms with Gasteiger partial charge in [-0.2, -0.15) is 0 Å². The highest BCUT2D eigenvalue weighted by molar-refractivity contribution is 7.47. The van der Waals surface area contributed by atoms with Crippen molar-refractivity contribution in [1.82, 2.24) is 0 Å². The molecule has 0 amide bonds. The minimum Gasteiger partial charge on any atom is -0.462 e. The van der Waals surface area contributed by atoms with Gasteiger partial charge in [-0.15, -0.1) is 0 Å². The second-order valence-electron chi connectivity index (χ2n) is 28.9. The molecule has 0 aromatic carbocycles. The summed E-state index contributed by atoms with van der Waals surface area (Å²) >= 11 is 0. The fourth-order valence-electron chi connectivity index (χ4n) is 11.7. The smallest absolute Gasteiger partial charge is 0.462 e. The van der Waals surface area contributed by atoms with Crippen molar-refractivity contribution < 1.29 is 80.2 Å². The molecule has 3 N–H and O–H groups in total. The zero-order valence-corrected chi connectivity index (χ0v) is 64.6. The summed E-state index contributed by atoms with van der Waals surface area (Å²) in [5, 5.41) is 10.6. The van der Waals surface area contributed by atoms with Crippen LogP contribution in [0.2, 0.25) is 0 Å². The minimum absolute atomic E-state index is 0.106. The number of phosphoric acid groups is 2. The fraction of sp³-hybridized carbons (Fsp3) is 0.948. The molecule has 0 bridgehead atoms. The van der Waals surface area contributed by atoms with Gasteiger partial charge in [0.15, 0.2) is 12.2 Å². The molecule has 0 fully saturated rings. The van der Waals surface area contributed by atoms with Crippen molar-refractivity contribution in [3.63, 3.8) is 0 Å². The Hall–Kier alpha value is -1.94. The third-order valence-electron chi connectivity index (χ3n) is 18.2. The number of unbranched alkanes of at least 4 members (excludes halogenated alkanes) is 42. The first-order valence-electron chi connectivity index (χ1n) is 39.9. The van der Waals surface area contributed by atoms with Gasteiger partial charge in [0.2, 0.25) is 0 Å². The van der Waals surface area contributed by atoms with Crippen LogP contribution in [-0.4, -0.2) is 96.7 Å². The molecule has 0 saturated carbocycles. The lowest BCUT2D eigenvalue weighted by Gasteiger charge is -2.21. The summed E-state index contributed by atoms with van der Waals surface area (Å²) in [7, 11) is -9.91. The lowest BCUT2D eigenvalue weighted by atomic mass is 9.99. The molecule has 0 saturated heterocycles. The van der Waals surface area contributed by atoms with Crippen molar-refractivity contribution >= 4 is 39.5 Å². The second kappa shape index (κ2) is 67.5. The van der Waals surface area contributed by atoms with Crippen LogP contribution in [-0.2, 0) is 65.4 Å². The number of ether oxygens (including phenoxy) is 4. The third kappa shape index (κ3) is 69.2. The fourth-order valence-corrected chi connectivity index (χ4v) is 13.3. The van der Waals surface area contributed by atoms with Crippen LogP contribution in [0, 0.1) is 17.8 Å². The van der Waals surface area contributed by atoms with Crippen molar-refractivity contribution in [2.45, 2.75) is 414 Å². The number of carbonyl (C=O) groups excluding carboxylic acids is 4. The van der Waals surface area contributed by atoms with Crippen LogP contribution in [0.3, 0.4) is 0 Å². The normalized spacial score (nSPS) is 14.3. The second-order valence-corrected chi connectivity index (χ2v) is 31.8. The monoisotopic (exact) mass is 1410 g/mol. The highest BCUT2D eigenvalue weighted by Crippen LogP contribution is 2.45. The quantitative estimate of drug-likeness (QED) is 0.0222. The van der Waals surface area contributed by atoms with Crippen LogP contribution in [0.15, 0.2) is 0 Å². The molecular weight excluding hydrogens is 1260 g/mol. The van der Waals surface area contributed by atoms with Gasteiger partial charge in [0.1, 0.15) is 19.3 Å². The average molecular weight is 1410 g/mol. The minimum atomic E-state index is -4.96. The number of phosphoric ester groups is 2. The van der Waals surface area contributed by atoms with Gasteiger partial charge in [0.05, 0.1) is 26.4 Å². The SMILES string of the molecule is CCCCCCCCCC(=O)OC[C@H](COP(=O)(O)OC[C@H](O)COP(=O)(O)OC[C@@H](COC(=O)CCCCCCCCCCCCCCCC(C)C)OC(=O)CCCCCCCCCCCCCCCCC(C)CC)OC(=O)CCCCCCCCCCCCCCC(C)C. The highest BCUT2D eigenvalue weighted by Gasteiger charge is 2.30. The van der Waals surface area contributed by atoms with Gasteiger partial charge in [0, 0.05) is 25.7 Å². The van der Waals surface area contributed by atoms with Crippen molar-refractivity contribution in [1.29, 1.82) is 0 Å². The van der Waals surface area contributed by atoms with Gasteiger partial charge in [-0.3, -0.25) is 37.3 Å². The van der Waals surface area contributed by atoms with E-state index in [-0.39, 0.29) is 25.7 Å². The Kier molecular flexibility index (Phi) is 66.2. The summed E-state index contributed by atoms with van der Waals surface area (Å²) in [6.07, 6.45) is 54.1. The van der Waals surface area contributed by atoms with Crippen LogP contribution < -0.4 is 0 Å². The number of aliphatic hydroxyl groups is 1. The lowest BCUT2D eigenvalue weighted by Crippen LogP contribution is -2.30. The molecule has 0 aliphatic rings. The average Bonchev–Trinajstić information content (AvgIpc) is 1.15. The van der Waals surface area contributed by atoms with E-state index in [2.05, 4.69) is 48.5 Å². The largest absolute Gasteiger partial charge is 0.472 e. The molecule has 0 rings (SSSR count). The van der Waals surface area contributed by atoms with Gasteiger partial charge in [-0.05, 0) is 43.4 Å². The maximum absolute atomic E-state index is 13.1. The lowest BCUT2D eigenvalue weighted by molar-refractivity contribution is -0.161. The van der Waals surface area contributed by atoms with Crippen molar-refractivity contribution in [3.8, 4) is 0 Å². The van der Waals surface area contributed by atoms with E-state index in [1.54, 1.807) is 0 Å². The number of rotatable bonds is 75. The van der Waals surface area contributed by atoms with Gasteiger partial charge in [-0.25, -0.2) is 9.13 Å². The molecule has 96 heavy (non-hydrogen) atoms. The molecule has 17 nitrogen and oxygen atoms in total. The van der Waals surface area contributed by atoms with Crippen molar-refractivity contribution in [2.24, 2.45) is 17.8 Å². The molecule has 0 aliphatic carbocycles. The van der Waals surface area contributed by atoms with E-state index >= 15 is 0 Å². The first kappa shape index (κ1) is 94.1. The molecule has 19 heteroatoms. The van der Waals surface area contributed by atoms with E-state index in [1.807, 2.05) is 0 Å². The third-order valence-corrected chi connectivity index (χ3v) is 20.1. The Balaban J connectivity index is 5.20. The number of aliphatic hydroxyl groups excluding tert-OH is 1. The zero-order valence-electron chi connectivity index (χ0n) is 62.8. The number of hydrogen-bond acceptors (Lipinski definition) is 15. The van der Waals surface area contributed by atoms with E-state index in [9.17, 15) is 43.2 Å². The Bertz CT molecular complexity index is 1870. The van der Waals surface area contributed by atoms with Crippen LogP contribution in [0.25, 0.3) is 0 Å². The zero-order chi connectivity index (χ0) is 70.9. The predicted molar refractivity (Wildman–Crippen MR) is 391 cm³/mol. The van der Waals surface area contributed by atoms with Crippen LogP contribution in [0.1, 0.15) is 395 Å². The summed E-state index contributed by atoms with van der Waals surface area (Å²) in [4.78, 5) is 72.7. The molecule has 0 aromatic rings. The predicted octanol–water partition coefficient (Wildman–Crippen LogP) is 22.6. The van der Waals surface area contributed by atoms with E-state index < -0.39 is 97.5 Å². The first-order chi connectivity index (χ1) is 46.3. The molecule has 0 aliphatic heterocycles. The molecule has 570 valence electrons. The Morgan fingerprint density at radius 3 is 0.792 bits per heavy atom.